The molecule has 7 heterocycles. The highest BCUT2D eigenvalue weighted by molar-refractivity contribution is 5.80. The number of hydrogen-bond donors (Lipinski definition) is 24. The van der Waals surface area contributed by atoms with E-state index in [2.05, 4.69) is 26.8 Å². The second kappa shape index (κ2) is 33.4. The summed E-state index contributed by atoms with van der Waals surface area (Å²) in [6.45, 7) is 9.94. The Bertz CT molecular complexity index is 3160. The molecule has 0 aromatic rings. The SMILES string of the molecule is CC1OC(OC2C(OC3CCC4(C)C(CC(O)C5(C)C4CC=C4C6CC(C)(C)CC(O)C6(C(=O)OC6OC(CO)C(O)C(OC7OC(CO)C(O)C(OC8OC(CO)C(O)C(O)C8O)C7O)C6O)CCC45C)C3(C)C)OC(CO)C(OC3OC(CO)C(O)C(OC4OC(CO)C(O)C(O)C4O)C3O)C2O)C(O)C(O)C1O. The zero-order chi connectivity index (χ0) is 81.3. The number of fused-ring (bicyclic) bond motifs is 7. The summed E-state index contributed by atoms with van der Waals surface area (Å²) in [5.74, 6) is -2.48. The quantitative estimate of drug-likeness (QED) is 0.0306. The third-order valence-corrected chi connectivity index (χ3v) is 27.8. The van der Waals surface area contributed by atoms with Crippen molar-refractivity contribution in [2.75, 3.05) is 39.6 Å². The minimum absolute atomic E-state index is 0.0323. The van der Waals surface area contributed by atoms with Crippen LogP contribution in [0.2, 0.25) is 0 Å². The molecule has 39 nitrogen and oxygen atoms in total. The Morgan fingerprint density at radius 3 is 1.28 bits per heavy atom. The molecule has 5 aliphatic carbocycles. The van der Waals surface area contributed by atoms with Crippen molar-refractivity contribution in [2.24, 2.45) is 50.2 Å². The largest absolute Gasteiger partial charge is 0.432 e. The number of esters is 1. The molecule has 24 N–H and O–H groups in total. The molecule has 0 aromatic carbocycles. The average molecular weight is 1610 g/mol. The number of ether oxygens (including phenoxy) is 14. The molecule has 45 atom stereocenters. The van der Waals surface area contributed by atoms with Crippen molar-refractivity contribution in [1.29, 1.82) is 0 Å². The first kappa shape index (κ1) is 88.0. The third kappa shape index (κ3) is 15.1. The molecule has 45 unspecified atom stereocenters. The van der Waals surface area contributed by atoms with Gasteiger partial charge in [0.25, 0.3) is 0 Å². The van der Waals surface area contributed by atoms with Gasteiger partial charge in [0.1, 0.15) is 170 Å². The van der Waals surface area contributed by atoms with Crippen molar-refractivity contribution >= 4 is 5.97 Å². The topological polar surface area (TPSA) is 632 Å². The average Bonchev–Trinajstić information content (AvgIpc) is 0.666. The number of carbonyl (C=O) groups is 1. The maximum Gasteiger partial charge on any atom is 0.317 e. The lowest BCUT2D eigenvalue weighted by Gasteiger charge is -2.72. The smallest absolute Gasteiger partial charge is 0.317 e. The first-order chi connectivity index (χ1) is 52.1. The fourth-order valence-electron chi connectivity index (χ4n) is 21.1. The van der Waals surface area contributed by atoms with Crippen molar-refractivity contribution in [3.63, 3.8) is 0 Å². The predicted molar refractivity (Wildman–Crippen MR) is 362 cm³/mol. The summed E-state index contributed by atoms with van der Waals surface area (Å²) in [6.07, 6.45) is -64.3. The van der Waals surface area contributed by atoms with Gasteiger partial charge in [0.05, 0.1) is 64.1 Å². The van der Waals surface area contributed by atoms with Crippen molar-refractivity contribution in [3.05, 3.63) is 11.6 Å². The van der Waals surface area contributed by atoms with E-state index in [4.69, 9.17) is 66.3 Å². The molecule has 0 aromatic heterocycles. The van der Waals surface area contributed by atoms with E-state index in [1.54, 1.807) is 0 Å². The molecule has 12 rings (SSSR count). The Balaban J connectivity index is 0.783. The Morgan fingerprint density at radius 1 is 0.396 bits per heavy atom. The van der Waals surface area contributed by atoms with Gasteiger partial charge >= 0.3 is 5.97 Å². The molecule has 0 bridgehead atoms. The van der Waals surface area contributed by atoms with Crippen LogP contribution in [0.25, 0.3) is 0 Å². The summed E-state index contributed by atoms with van der Waals surface area (Å²) < 4.78 is 83.8. The van der Waals surface area contributed by atoms with Crippen LogP contribution in [0.15, 0.2) is 11.6 Å². The fraction of sp³-hybridized carbons (Fsp3) is 0.958. The number of hydrogen-bond acceptors (Lipinski definition) is 39. The predicted octanol–water partition coefficient (Wildman–Crippen LogP) is -9.59. The number of aliphatic hydroxyl groups is 24. The molecule has 7 aliphatic heterocycles. The first-order valence-electron chi connectivity index (χ1n) is 38.4. The van der Waals surface area contributed by atoms with Crippen molar-refractivity contribution in [3.8, 4) is 0 Å². The Hall–Kier alpha value is -2.27. The van der Waals surface area contributed by atoms with Gasteiger partial charge in [-0.2, -0.15) is 0 Å². The van der Waals surface area contributed by atoms with Crippen LogP contribution in [0, 0.1) is 50.2 Å². The molecule has 0 spiro atoms. The number of aliphatic hydroxyl groups excluding tert-OH is 24. The molecule has 7 saturated heterocycles. The Kier molecular flexibility index (Phi) is 26.5. The van der Waals surface area contributed by atoms with Gasteiger partial charge in [-0.25, -0.2) is 0 Å². The van der Waals surface area contributed by atoms with E-state index in [0.717, 1.165) is 5.57 Å². The van der Waals surface area contributed by atoms with Gasteiger partial charge in [-0.3, -0.25) is 4.79 Å². The minimum Gasteiger partial charge on any atom is -0.432 e. The maximum absolute atomic E-state index is 15.6. The van der Waals surface area contributed by atoms with E-state index in [9.17, 15) is 123 Å². The van der Waals surface area contributed by atoms with Crippen LogP contribution in [0.5, 0.6) is 0 Å². The second-order valence-electron chi connectivity index (χ2n) is 34.9. The van der Waals surface area contributed by atoms with E-state index in [1.807, 2.05) is 27.7 Å². The van der Waals surface area contributed by atoms with Gasteiger partial charge in [-0.1, -0.05) is 60.1 Å². The van der Waals surface area contributed by atoms with Crippen LogP contribution in [-0.2, 0) is 71.1 Å². The van der Waals surface area contributed by atoms with E-state index in [-0.39, 0.29) is 43.9 Å². The molecule has 640 valence electrons. The summed E-state index contributed by atoms with van der Waals surface area (Å²) in [6, 6.07) is 0. The van der Waals surface area contributed by atoms with Crippen LogP contribution in [-0.4, -0.2) is 401 Å². The van der Waals surface area contributed by atoms with E-state index in [0.29, 0.717) is 19.3 Å². The molecule has 0 radical (unpaired) electrons. The Morgan fingerprint density at radius 2 is 0.802 bits per heavy atom. The highest BCUT2D eigenvalue weighted by atomic mass is 16.8. The maximum atomic E-state index is 15.6. The lowest BCUT2D eigenvalue weighted by molar-refractivity contribution is -0.400. The van der Waals surface area contributed by atoms with Crippen LogP contribution in [0.4, 0.5) is 0 Å². The summed E-state index contributed by atoms with van der Waals surface area (Å²) >= 11 is 0. The third-order valence-electron chi connectivity index (χ3n) is 27.8. The van der Waals surface area contributed by atoms with Crippen LogP contribution in [0.3, 0.4) is 0 Å². The molecular formula is C72H118O39. The van der Waals surface area contributed by atoms with Gasteiger partial charge in [0.2, 0.25) is 6.29 Å². The monoisotopic (exact) mass is 1610 g/mol. The van der Waals surface area contributed by atoms with Crippen molar-refractivity contribution in [2.45, 2.75) is 340 Å². The molecule has 11 fully saturated rings. The van der Waals surface area contributed by atoms with Gasteiger partial charge in [0, 0.05) is 5.41 Å². The van der Waals surface area contributed by atoms with Gasteiger partial charge in [-0.15, -0.1) is 0 Å². The summed E-state index contributed by atoms with van der Waals surface area (Å²) in [4.78, 5) is 15.6. The van der Waals surface area contributed by atoms with Gasteiger partial charge in [0.15, 0.2) is 37.7 Å². The highest BCUT2D eigenvalue weighted by Crippen LogP contribution is 2.76. The first-order valence-corrected chi connectivity index (χ1v) is 38.4. The summed E-state index contributed by atoms with van der Waals surface area (Å²) in [5, 5.41) is 267. The van der Waals surface area contributed by atoms with Gasteiger partial charge in [-0.05, 0) is 97.7 Å². The zero-order valence-corrected chi connectivity index (χ0v) is 63.0. The zero-order valence-electron chi connectivity index (χ0n) is 63.0. The number of carbonyl (C=O) groups excluding carboxylic acids is 1. The van der Waals surface area contributed by atoms with Crippen LogP contribution < -0.4 is 0 Å². The number of allylic oxidation sites excluding steroid dienone is 2. The number of rotatable bonds is 20. The molecule has 0 amide bonds. The van der Waals surface area contributed by atoms with Crippen LogP contribution >= 0.6 is 0 Å². The van der Waals surface area contributed by atoms with E-state index in [1.165, 1.54) is 6.92 Å². The van der Waals surface area contributed by atoms with Gasteiger partial charge < -0.3 is 189 Å². The lowest BCUT2D eigenvalue weighted by atomic mass is 9.32. The standard InChI is InChI=1S/C72H118O39/c1-24-38(81)44(87)47(90)59(98-24)110-58-50(93)54(106-62-51(94)55(41(84)29(20-75)101-62)107-60-48(91)45(88)39(82)27(18-73)99-60)32(23-78)104-65(58)105-37-11-12-69(6)33-10-9-25-26-16-67(2,3)17-36(80)72(26,14-13-70(25,7)71(33,8)35(79)15-34(69)68(37,4)5)66(97)111-64-53(96)57(43(86)31(22-77)103-64)109-63-52(95)56(42(85)30(21-76)102-63)108-61-49(92)46(89)40(83)28(19-74)100-61/h9,24,26-65,73-96H,10-23H2,1-8H3. The van der Waals surface area contributed by atoms with Crippen molar-refractivity contribution in [1.82, 2.24) is 0 Å². The normalized spacial score (nSPS) is 54.7. The Labute approximate surface area is 639 Å². The molecule has 39 heteroatoms. The molecular weight excluding hydrogens is 1490 g/mol. The molecule has 4 saturated carbocycles. The van der Waals surface area contributed by atoms with Crippen molar-refractivity contribution < 1.29 is 194 Å². The molecule has 111 heavy (non-hydrogen) atoms. The fourth-order valence-corrected chi connectivity index (χ4v) is 21.1. The van der Waals surface area contributed by atoms with Crippen LogP contribution in [0.1, 0.15) is 107 Å². The molecule has 12 aliphatic rings. The van der Waals surface area contributed by atoms with E-state index < -0.39 is 317 Å². The minimum atomic E-state index is -2.17. The summed E-state index contributed by atoms with van der Waals surface area (Å²) in [5.41, 5.74) is -5.01. The highest BCUT2D eigenvalue weighted by Gasteiger charge is 2.74. The second-order valence-corrected chi connectivity index (χ2v) is 34.9. The van der Waals surface area contributed by atoms with E-state index >= 15 is 4.79 Å². The lowest BCUT2D eigenvalue weighted by Crippen LogP contribution is -2.71. The summed E-state index contributed by atoms with van der Waals surface area (Å²) in [7, 11) is 0.